The van der Waals surface area contributed by atoms with Crippen molar-refractivity contribution in [3.8, 4) is 0 Å². The van der Waals surface area contributed by atoms with Crippen molar-refractivity contribution in [3.05, 3.63) is 51.2 Å². The lowest BCUT2D eigenvalue weighted by atomic mass is 10.1. The number of benzene rings is 1. The van der Waals surface area contributed by atoms with Crippen LogP contribution in [0.3, 0.4) is 0 Å². The number of aryl methyl sites for hydroxylation is 2. The molecule has 2 aromatic rings. The van der Waals surface area contributed by atoms with Gasteiger partial charge in [-0.25, -0.2) is 0 Å². The Bertz CT molecular complexity index is 792. The van der Waals surface area contributed by atoms with Crippen LogP contribution in [0.15, 0.2) is 29.6 Å². The van der Waals surface area contributed by atoms with Crippen LogP contribution in [0.2, 0.25) is 0 Å². The quantitative estimate of drug-likeness (QED) is 0.832. The first-order chi connectivity index (χ1) is 12.6. The van der Waals surface area contributed by atoms with Crippen LogP contribution in [0.5, 0.6) is 0 Å². The minimum Gasteiger partial charge on any atom is -0.368 e. The number of amides is 1. The van der Waals surface area contributed by atoms with Crippen molar-refractivity contribution in [1.82, 2.24) is 9.80 Å². The largest absolute Gasteiger partial charge is 0.368 e. The molecule has 2 aliphatic heterocycles. The molecule has 4 rings (SSSR count). The third kappa shape index (κ3) is 3.64. The zero-order valence-corrected chi connectivity index (χ0v) is 16.5. The number of fused-ring (bicyclic) bond motifs is 1. The van der Waals surface area contributed by atoms with Crippen LogP contribution in [0.1, 0.15) is 21.6 Å². The van der Waals surface area contributed by atoms with Gasteiger partial charge in [0, 0.05) is 49.8 Å². The lowest BCUT2D eigenvalue weighted by Gasteiger charge is -2.38. The molecule has 3 heterocycles. The number of nitrogens with zero attached hydrogens (tertiary/aromatic N) is 3. The summed E-state index contributed by atoms with van der Waals surface area (Å²) >= 11 is 1.85. The van der Waals surface area contributed by atoms with E-state index in [0.29, 0.717) is 6.54 Å². The smallest absolute Gasteiger partial charge is 0.236 e. The lowest BCUT2D eigenvalue weighted by molar-refractivity contribution is -0.132. The summed E-state index contributed by atoms with van der Waals surface area (Å²) in [6.07, 6.45) is 1.08. The Morgan fingerprint density at radius 2 is 1.88 bits per heavy atom. The first-order valence-electron chi connectivity index (χ1n) is 9.48. The van der Waals surface area contributed by atoms with Gasteiger partial charge in [0.15, 0.2) is 0 Å². The number of hydrogen-bond donors (Lipinski definition) is 0. The Morgan fingerprint density at radius 3 is 2.65 bits per heavy atom. The highest BCUT2D eigenvalue weighted by molar-refractivity contribution is 7.10. The molecule has 1 amide bonds. The number of carbonyl (C=O) groups excluding carboxylic acids is 1. The summed E-state index contributed by atoms with van der Waals surface area (Å²) in [7, 11) is 0. The second-order valence-corrected chi connectivity index (χ2v) is 8.49. The molecule has 0 unspecified atom stereocenters. The fourth-order valence-electron chi connectivity index (χ4n) is 4.09. The third-order valence-electron chi connectivity index (χ3n) is 5.57. The normalized spacial score (nSPS) is 18.1. The van der Waals surface area contributed by atoms with Crippen molar-refractivity contribution in [2.24, 2.45) is 0 Å². The molecule has 1 fully saturated rings. The van der Waals surface area contributed by atoms with Crippen molar-refractivity contribution >= 4 is 22.9 Å². The number of hydrogen-bond acceptors (Lipinski definition) is 4. The minimum atomic E-state index is 0.281. The van der Waals surface area contributed by atoms with Crippen LogP contribution in [0.4, 0.5) is 5.69 Å². The summed E-state index contributed by atoms with van der Waals surface area (Å²) < 4.78 is 0. The molecule has 26 heavy (non-hydrogen) atoms. The first-order valence-corrected chi connectivity index (χ1v) is 10.4. The summed E-state index contributed by atoms with van der Waals surface area (Å²) in [5.41, 5.74) is 5.34. The summed E-state index contributed by atoms with van der Waals surface area (Å²) in [6, 6.07) is 8.84. The molecule has 0 bridgehead atoms. The molecular formula is C21H27N3OS. The minimum absolute atomic E-state index is 0.281. The van der Waals surface area contributed by atoms with E-state index in [2.05, 4.69) is 53.3 Å². The zero-order chi connectivity index (χ0) is 18.1. The molecule has 2 aliphatic rings. The SMILES string of the molecule is Cc1ccc(N2CCN(C(=O)CN3CCc4sccc4C3)CC2)c(C)c1. The van der Waals surface area contributed by atoms with E-state index in [0.717, 1.165) is 45.7 Å². The molecule has 138 valence electrons. The molecule has 5 heteroatoms. The van der Waals surface area contributed by atoms with E-state index in [1.54, 1.807) is 0 Å². The standard InChI is InChI=1S/C21H27N3OS/c1-16-3-4-19(17(2)13-16)23-8-10-24(11-9-23)21(25)15-22-7-5-20-18(14-22)6-12-26-20/h3-4,6,12-13H,5,7-11,14-15H2,1-2H3. The number of rotatable bonds is 3. The highest BCUT2D eigenvalue weighted by Gasteiger charge is 2.25. The van der Waals surface area contributed by atoms with Gasteiger partial charge >= 0.3 is 0 Å². The second-order valence-electron chi connectivity index (χ2n) is 7.49. The van der Waals surface area contributed by atoms with Gasteiger partial charge in [-0.2, -0.15) is 0 Å². The Kier molecular flexibility index (Phi) is 5.00. The van der Waals surface area contributed by atoms with Crippen LogP contribution in [-0.2, 0) is 17.8 Å². The molecule has 1 saturated heterocycles. The van der Waals surface area contributed by atoms with E-state index in [4.69, 9.17) is 0 Å². The molecule has 1 aromatic heterocycles. The van der Waals surface area contributed by atoms with Gasteiger partial charge in [-0.1, -0.05) is 17.7 Å². The van der Waals surface area contributed by atoms with Crippen molar-refractivity contribution in [1.29, 1.82) is 0 Å². The number of anilines is 1. The Morgan fingerprint density at radius 1 is 1.08 bits per heavy atom. The van der Waals surface area contributed by atoms with Crippen LogP contribution >= 0.6 is 11.3 Å². The van der Waals surface area contributed by atoms with Gasteiger partial charge in [0.1, 0.15) is 0 Å². The van der Waals surface area contributed by atoms with Gasteiger partial charge in [-0.15, -0.1) is 11.3 Å². The van der Waals surface area contributed by atoms with Gasteiger partial charge in [-0.05, 0) is 48.9 Å². The van der Waals surface area contributed by atoms with E-state index in [9.17, 15) is 4.79 Å². The van der Waals surface area contributed by atoms with Crippen molar-refractivity contribution < 1.29 is 4.79 Å². The molecular weight excluding hydrogens is 342 g/mol. The molecule has 1 aromatic carbocycles. The molecule has 0 N–H and O–H groups in total. The predicted octanol–water partition coefficient (Wildman–Crippen LogP) is 3.07. The summed E-state index contributed by atoms with van der Waals surface area (Å²) in [5, 5.41) is 2.17. The van der Waals surface area contributed by atoms with Gasteiger partial charge in [0.05, 0.1) is 6.54 Å². The van der Waals surface area contributed by atoms with Crippen LogP contribution in [-0.4, -0.2) is 55.0 Å². The number of carbonyl (C=O) groups is 1. The van der Waals surface area contributed by atoms with Crippen LogP contribution in [0, 0.1) is 13.8 Å². The van der Waals surface area contributed by atoms with Crippen LogP contribution < -0.4 is 4.90 Å². The summed E-state index contributed by atoms with van der Waals surface area (Å²) in [5.74, 6) is 0.281. The Hall–Kier alpha value is -1.85. The zero-order valence-electron chi connectivity index (χ0n) is 15.7. The maximum absolute atomic E-state index is 12.7. The van der Waals surface area contributed by atoms with Gasteiger partial charge in [0.2, 0.25) is 5.91 Å². The lowest BCUT2D eigenvalue weighted by Crippen LogP contribution is -2.51. The third-order valence-corrected chi connectivity index (χ3v) is 6.59. The predicted molar refractivity (Wildman–Crippen MR) is 108 cm³/mol. The van der Waals surface area contributed by atoms with Gasteiger partial charge in [0.25, 0.3) is 0 Å². The molecule has 0 radical (unpaired) electrons. The molecule has 4 nitrogen and oxygen atoms in total. The summed E-state index contributed by atoms with van der Waals surface area (Å²) in [6.45, 7) is 10.3. The van der Waals surface area contributed by atoms with E-state index in [1.807, 2.05) is 16.2 Å². The summed E-state index contributed by atoms with van der Waals surface area (Å²) in [4.78, 5) is 21.0. The number of piperazine rings is 1. The average molecular weight is 370 g/mol. The van der Waals surface area contributed by atoms with Gasteiger partial charge < -0.3 is 9.80 Å². The van der Waals surface area contributed by atoms with E-state index in [-0.39, 0.29) is 5.91 Å². The van der Waals surface area contributed by atoms with E-state index >= 15 is 0 Å². The van der Waals surface area contributed by atoms with Crippen molar-refractivity contribution in [2.75, 3.05) is 44.2 Å². The topological polar surface area (TPSA) is 26.8 Å². The molecule has 0 saturated carbocycles. The Labute approximate surface area is 160 Å². The fraction of sp³-hybridized carbons (Fsp3) is 0.476. The monoisotopic (exact) mass is 369 g/mol. The fourth-order valence-corrected chi connectivity index (χ4v) is 4.98. The van der Waals surface area contributed by atoms with Crippen molar-refractivity contribution in [3.63, 3.8) is 0 Å². The van der Waals surface area contributed by atoms with E-state index in [1.165, 1.54) is 27.3 Å². The molecule has 0 aliphatic carbocycles. The molecule has 0 atom stereocenters. The van der Waals surface area contributed by atoms with Crippen LogP contribution in [0.25, 0.3) is 0 Å². The second kappa shape index (κ2) is 7.41. The van der Waals surface area contributed by atoms with Gasteiger partial charge in [-0.3, -0.25) is 9.69 Å². The maximum Gasteiger partial charge on any atom is 0.236 e. The van der Waals surface area contributed by atoms with E-state index < -0.39 is 0 Å². The molecule has 0 spiro atoms. The number of thiophene rings is 1. The average Bonchev–Trinajstić information content (AvgIpc) is 3.10. The highest BCUT2D eigenvalue weighted by atomic mass is 32.1. The van der Waals surface area contributed by atoms with Crippen molar-refractivity contribution in [2.45, 2.75) is 26.8 Å². The highest BCUT2D eigenvalue weighted by Crippen LogP contribution is 2.25. The Balaban J connectivity index is 1.31. The first kappa shape index (κ1) is 17.6. The maximum atomic E-state index is 12.7.